The maximum absolute atomic E-state index is 13.2. The minimum Gasteiger partial charge on any atom is -0.494 e. The van der Waals surface area contributed by atoms with Crippen molar-refractivity contribution in [3.8, 4) is 5.75 Å². The third-order valence-electron chi connectivity index (χ3n) is 5.96. The van der Waals surface area contributed by atoms with E-state index in [1.54, 1.807) is 7.11 Å². The summed E-state index contributed by atoms with van der Waals surface area (Å²) in [5.41, 5.74) is 5.41. The summed E-state index contributed by atoms with van der Waals surface area (Å²) in [6, 6.07) is 7.98. The van der Waals surface area contributed by atoms with Crippen molar-refractivity contribution >= 4 is 34.3 Å². The van der Waals surface area contributed by atoms with Gasteiger partial charge in [-0.3, -0.25) is 10.2 Å². The molecule has 7 heteroatoms. The molecule has 166 valence electrons. The highest BCUT2D eigenvalue weighted by molar-refractivity contribution is 8.93. The lowest BCUT2D eigenvalue weighted by Gasteiger charge is -2.23. The van der Waals surface area contributed by atoms with Gasteiger partial charge in [0.1, 0.15) is 17.3 Å². The molecule has 6 nitrogen and oxygen atoms in total. The van der Waals surface area contributed by atoms with Crippen LogP contribution in [0, 0.1) is 5.41 Å². The van der Waals surface area contributed by atoms with Crippen molar-refractivity contribution in [1.29, 1.82) is 5.41 Å². The quantitative estimate of drug-likeness (QED) is 0.571. The Morgan fingerprint density at radius 3 is 2.58 bits per heavy atom. The average Bonchev–Trinajstić information content (AvgIpc) is 3.52. The molecule has 2 aromatic rings. The number of carbonyl (C=O) groups excluding carboxylic acids is 1. The van der Waals surface area contributed by atoms with Gasteiger partial charge in [0.25, 0.3) is 0 Å². The van der Waals surface area contributed by atoms with Gasteiger partial charge >= 0.3 is 0 Å². The Kier molecular flexibility index (Phi) is 6.74. The maximum atomic E-state index is 13.2. The first-order valence-electron chi connectivity index (χ1n) is 10.6. The van der Waals surface area contributed by atoms with Crippen molar-refractivity contribution in [2.75, 3.05) is 32.6 Å². The Morgan fingerprint density at radius 1 is 1.29 bits per heavy atom. The standard InChI is InChI=1S/C24H30N4O2.BrH/c1-14(2)18-10-17(11-20(27(3)4)23(18)30-5)21(29)13-28-12-16-8-9-19(15-6-7-15)26-22(16)24(28)25;/h8-11,14-15,25H,6-7,12-13H2,1-5H3;1H. The summed E-state index contributed by atoms with van der Waals surface area (Å²) in [5.74, 6) is 1.95. The summed E-state index contributed by atoms with van der Waals surface area (Å²) in [5, 5.41) is 8.57. The van der Waals surface area contributed by atoms with Crippen LogP contribution in [-0.4, -0.2) is 49.3 Å². The van der Waals surface area contributed by atoms with E-state index in [0.717, 1.165) is 34.0 Å². The first-order valence-corrected chi connectivity index (χ1v) is 10.6. The van der Waals surface area contributed by atoms with Crippen LogP contribution < -0.4 is 9.64 Å². The number of ketones is 1. The maximum Gasteiger partial charge on any atom is 0.182 e. The SMILES string of the molecule is Br.COc1c(C(C)C)cc(C(=O)CN2Cc3ccc(C4CC4)nc3C2=N)cc1N(C)C. The van der Waals surface area contributed by atoms with Gasteiger partial charge in [0.05, 0.1) is 19.3 Å². The van der Waals surface area contributed by atoms with Crippen LogP contribution >= 0.6 is 17.0 Å². The monoisotopic (exact) mass is 486 g/mol. The lowest BCUT2D eigenvalue weighted by atomic mass is 9.96. The summed E-state index contributed by atoms with van der Waals surface area (Å²) in [6.07, 6.45) is 2.37. The molecule has 0 radical (unpaired) electrons. The zero-order valence-corrected chi connectivity index (χ0v) is 20.6. The van der Waals surface area contributed by atoms with Crippen molar-refractivity contribution in [3.63, 3.8) is 0 Å². The minimum atomic E-state index is 0. The molecule has 0 saturated heterocycles. The number of amidine groups is 1. The predicted molar refractivity (Wildman–Crippen MR) is 130 cm³/mol. The van der Waals surface area contributed by atoms with Gasteiger partial charge in [0.2, 0.25) is 0 Å². The molecule has 0 unspecified atom stereocenters. The van der Waals surface area contributed by atoms with Crippen LogP contribution in [0.5, 0.6) is 5.75 Å². The molecule has 1 aliphatic heterocycles. The van der Waals surface area contributed by atoms with Crippen molar-refractivity contribution in [2.45, 2.75) is 45.1 Å². The van der Waals surface area contributed by atoms with E-state index in [1.165, 1.54) is 12.8 Å². The Balaban J connectivity index is 0.00000272. The van der Waals surface area contributed by atoms with Gasteiger partial charge in [-0.15, -0.1) is 17.0 Å². The number of fused-ring (bicyclic) bond motifs is 1. The number of nitrogens with one attached hydrogen (secondary N) is 1. The Morgan fingerprint density at radius 2 is 2.00 bits per heavy atom. The minimum absolute atomic E-state index is 0. The molecule has 1 aromatic carbocycles. The molecule has 31 heavy (non-hydrogen) atoms. The zero-order valence-electron chi connectivity index (χ0n) is 18.9. The zero-order chi connectivity index (χ0) is 21.6. The number of ether oxygens (including phenoxy) is 1. The van der Waals surface area contributed by atoms with E-state index in [0.29, 0.717) is 23.9 Å². The second-order valence-electron chi connectivity index (χ2n) is 8.81. The number of halogens is 1. The molecule has 0 amide bonds. The summed E-state index contributed by atoms with van der Waals surface area (Å²) < 4.78 is 5.66. The van der Waals surface area contributed by atoms with E-state index < -0.39 is 0 Å². The van der Waals surface area contributed by atoms with Crippen LogP contribution in [-0.2, 0) is 6.54 Å². The normalized spacial score (nSPS) is 15.0. The van der Waals surface area contributed by atoms with Gasteiger partial charge in [-0.05, 0) is 42.5 Å². The molecular weight excluding hydrogens is 456 g/mol. The summed E-state index contributed by atoms with van der Waals surface area (Å²) in [4.78, 5) is 21.7. The molecule has 4 rings (SSSR count). The van der Waals surface area contributed by atoms with Crippen LogP contribution in [0.2, 0.25) is 0 Å². The number of methoxy groups -OCH3 is 1. The van der Waals surface area contributed by atoms with E-state index in [1.807, 2.05) is 36.0 Å². The third kappa shape index (κ3) is 4.47. The van der Waals surface area contributed by atoms with Crippen molar-refractivity contribution in [2.24, 2.45) is 0 Å². The van der Waals surface area contributed by atoms with Crippen LogP contribution in [0.4, 0.5) is 5.69 Å². The van der Waals surface area contributed by atoms with Crippen molar-refractivity contribution < 1.29 is 9.53 Å². The van der Waals surface area contributed by atoms with E-state index in [4.69, 9.17) is 15.1 Å². The first kappa shape index (κ1) is 23.3. The van der Waals surface area contributed by atoms with Gasteiger partial charge in [0, 0.05) is 43.4 Å². The topological polar surface area (TPSA) is 69.5 Å². The van der Waals surface area contributed by atoms with E-state index in [2.05, 4.69) is 26.0 Å². The second kappa shape index (κ2) is 8.99. The molecule has 0 atom stereocenters. The predicted octanol–water partition coefficient (Wildman–Crippen LogP) is 4.76. The summed E-state index contributed by atoms with van der Waals surface area (Å²) in [7, 11) is 5.57. The average molecular weight is 487 g/mol. The molecule has 1 saturated carbocycles. The van der Waals surface area contributed by atoms with Crippen LogP contribution in [0.3, 0.4) is 0 Å². The fraction of sp³-hybridized carbons (Fsp3) is 0.458. The van der Waals surface area contributed by atoms with Crippen LogP contribution in [0.15, 0.2) is 24.3 Å². The molecule has 2 aliphatic rings. The molecule has 1 N–H and O–H groups in total. The van der Waals surface area contributed by atoms with Gasteiger partial charge in [-0.2, -0.15) is 0 Å². The Hall–Kier alpha value is -2.41. The molecular formula is C24H31BrN4O2. The second-order valence-corrected chi connectivity index (χ2v) is 8.81. The number of Topliss-reactive ketones (excluding diaryl/α,β-unsaturated/α-hetero) is 1. The lowest BCUT2D eigenvalue weighted by molar-refractivity contribution is 0.0962. The number of nitrogens with zero attached hydrogens (tertiary/aromatic N) is 3. The van der Waals surface area contributed by atoms with Gasteiger partial charge < -0.3 is 14.5 Å². The number of pyridine rings is 1. The number of anilines is 1. The summed E-state index contributed by atoms with van der Waals surface area (Å²) in [6.45, 7) is 4.93. The number of hydrogen-bond donors (Lipinski definition) is 1. The molecule has 1 fully saturated rings. The van der Waals surface area contributed by atoms with E-state index in [-0.39, 0.29) is 35.2 Å². The lowest BCUT2D eigenvalue weighted by Crippen LogP contribution is -2.30. The van der Waals surface area contributed by atoms with Crippen molar-refractivity contribution in [1.82, 2.24) is 9.88 Å². The first-order chi connectivity index (χ1) is 14.3. The van der Waals surface area contributed by atoms with Crippen molar-refractivity contribution in [3.05, 3.63) is 52.3 Å². The highest BCUT2D eigenvalue weighted by Gasteiger charge is 2.31. The molecule has 1 aromatic heterocycles. The van der Waals surface area contributed by atoms with E-state index >= 15 is 0 Å². The number of rotatable bonds is 7. The molecule has 2 heterocycles. The molecule has 0 bridgehead atoms. The third-order valence-corrected chi connectivity index (χ3v) is 5.96. The number of hydrogen-bond acceptors (Lipinski definition) is 5. The number of aromatic nitrogens is 1. The fourth-order valence-electron chi connectivity index (χ4n) is 4.06. The summed E-state index contributed by atoms with van der Waals surface area (Å²) >= 11 is 0. The number of carbonyl (C=O) groups is 1. The highest BCUT2D eigenvalue weighted by atomic mass is 79.9. The Labute approximate surface area is 194 Å². The largest absolute Gasteiger partial charge is 0.494 e. The van der Waals surface area contributed by atoms with Gasteiger partial charge in [-0.25, -0.2) is 4.98 Å². The fourth-order valence-corrected chi connectivity index (χ4v) is 4.06. The van der Waals surface area contributed by atoms with Gasteiger partial charge in [0.15, 0.2) is 5.78 Å². The van der Waals surface area contributed by atoms with Crippen LogP contribution in [0.1, 0.15) is 71.4 Å². The van der Waals surface area contributed by atoms with Gasteiger partial charge in [-0.1, -0.05) is 19.9 Å². The molecule has 0 spiro atoms. The highest BCUT2D eigenvalue weighted by Crippen LogP contribution is 2.40. The smallest absolute Gasteiger partial charge is 0.182 e. The van der Waals surface area contributed by atoms with E-state index in [9.17, 15) is 4.79 Å². The van der Waals surface area contributed by atoms with Crippen LogP contribution in [0.25, 0.3) is 0 Å². The number of benzene rings is 1. The molecule has 1 aliphatic carbocycles. The Bertz CT molecular complexity index is 986.